The van der Waals surface area contributed by atoms with Gasteiger partial charge in [0.2, 0.25) is 0 Å². The van der Waals surface area contributed by atoms with Gasteiger partial charge in [-0.3, -0.25) is 19.9 Å². The number of fused-ring (bicyclic) bond motifs is 1. The number of nitrogens with zero attached hydrogens (tertiary/aromatic N) is 2. The third-order valence-corrected chi connectivity index (χ3v) is 6.09. The van der Waals surface area contributed by atoms with E-state index in [2.05, 4.69) is 22.1 Å². The molecular formula is C20H30N4O2. The summed E-state index contributed by atoms with van der Waals surface area (Å²) in [5.41, 5.74) is 4.32. The molecule has 6 nitrogen and oxygen atoms in total. The first-order valence-corrected chi connectivity index (χ1v) is 10.0. The lowest BCUT2D eigenvalue weighted by Crippen LogP contribution is -2.42. The topological polar surface area (TPSA) is 77.5 Å². The Morgan fingerprint density at radius 3 is 2.92 bits per heavy atom. The molecule has 0 aromatic carbocycles. The van der Waals surface area contributed by atoms with Crippen molar-refractivity contribution in [3.05, 3.63) is 29.1 Å². The third kappa shape index (κ3) is 4.24. The van der Waals surface area contributed by atoms with Crippen LogP contribution in [0.25, 0.3) is 0 Å². The molecule has 0 spiro atoms. The minimum absolute atomic E-state index is 0.424. The summed E-state index contributed by atoms with van der Waals surface area (Å²) in [7, 11) is 0. The highest BCUT2D eigenvalue weighted by Gasteiger charge is 2.32. The Morgan fingerprint density at radius 1 is 1.31 bits per heavy atom. The summed E-state index contributed by atoms with van der Waals surface area (Å²) in [6.07, 6.45) is 9.12. The largest absolute Gasteiger partial charge is 0.311 e. The Hall–Kier alpha value is -1.50. The molecule has 0 radical (unpaired) electrons. The zero-order valence-electron chi connectivity index (χ0n) is 15.6. The molecule has 26 heavy (non-hydrogen) atoms. The van der Waals surface area contributed by atoms with E-state index in [1.165, 1.54) is 32.1 Å². The van der Waals surface area contributed by atoms with Gasteiger partial charge in [0.05, 0.1) is 5.56 Å². The van der Waals surface area contributed by atoms with Crippen LogP contribution in [-0.2, 0) is 13.0 Å². The van der Waals surface area contributed by atoms with E-state index in [-0.39, 0.29) is 0 Å². The molecule has 1 aromatic heterocycles. The molecule has 1 amide bonds. The van der Waals surface area contributed by atoms with Crippen LogP contribution in [0.2, 0.25) is 0 Å². The molecule has 1 aliphatic heterocycles. The first-order chi connectivity index (χ1) is 12.6. The lowest BCUT2D eigenvalue weighted by atomic mass is 9.79. The molecule has 3 atom stereocenters. The van der Waals surface area contributed by atoms with Crippen LogP contribution in [0.4, 0.5) is 0 Å². The van der Waals surface area contributed by atoms with Gasteiger partial charge in [-0.2, -0.15) is 0 Å². The Morgan fingerprint density at radius 2 is 2.15 bits per heavy atom. The van der Waals surface area contributed by atoms with Crippen LogP contribution in [0.1, 0.15) is 60.6 Å². The average Bonchev–Trinajstić information content (AvgIpc) is 3.44. The normalized spacial score (nSPS) is 29.2. The number of hydrogen-bond acceptors (Lipinski definition) is 5. The number of hydroxylamine groups is 1. The molecule has 2 saturated carbocycles. The standard InChI is InChI=1S/C20H30N4O2/c1-13-6-14(8-18(7-13)22-17-2-3-17)11-24-5-4-19-16(12-24)9-15(10-21-19)20(25)23-26/h9-10,13-14,17-18,22,26H,2-8,11-12H2,1H3,(H,23,25). The van der Waals surface area contributed by atoms with E-state index in [1.54, 1.807) is 11.7 Å². The van der Waals surface area contributed by atoms with Crippen molar-refractivity contribution < 1.29 is 10.0 Å². The summed E-state index contributed by atoms with van der Waals surface area (Å²) in [4.78, 5) is 18.6. The van der Waals surface area contributed by atoms with Gasteiger partial charge in [-0.25, -0.2) is 5.48 Å². The van der Waals surface area contributed by atoms with Crippen molar-refractivity contribution in [1.29, 1.82) is 0 Å². The van der Waals surface area contributed by atoms with Crippen molar-refractivity contribution in [3.8, 4) is 0 Å². The summed E-state index contributed by atoms with van der Waals surface area (Å²) >= 11 is 0. The number of amides is 1. The number of nitrogens with one attached hydrogen (secondary N) is 2. The van der Waals surface area contributed by atoms with Crippen molar-refractivity contribution in [3.63, 3.8) is 0 Å². The van der Waals surface area contributed by atoms with E-state index >= 15 is 0 Å². The van der Waals surface area contributed by atoms with Crippen LogP contribution in [0, 0.1) is 11.8 Å². The second-order valence-electron chi connectivity index (χ2n) is 8.57. The summed E-state index contributed by atoms with van der Waals surface area (Å²) in [6, 6.07) is 3.35. The fourth-order valence-electron chi connectivity index (χ4n) is 4.81. The Balaban J connectivity index is 1.37. The van der Waals surface area contributed by atoms with Gasteiger partial charge < -0.3 is 5.32 Å². The fourth-order valence-corrected chi connectivity index (χ4v) is 4.81. The highest BCUT2D eigenvalue weighted by atomic mass is 16.5. The zero-order chi connectivity index (χ0) is 18.1. The molecule has 6 heteroatoms. The number of rotatable bonds is 5. The molecule has 3 aliphatic rings. The second kappa shape index (κ2) is 7.62. The Kier molecular flexibility index (Phi) is 5.25. The van der Waals surface area contributed by atoms with Crippen molar-refractivity contribution >= 4 is 5.91 Å². The third-order valence-electron chi connectivity index (χ3n) is 6.09. The lowest BCUT2D eigenvalue weighted by Gasteiger charge is -2.38. The fraction of sp³-hybridized carbons (Fsp3) is 0.700. The van der Waals surface area contributed by atoms with Gasteiger partial charge in [0, 0.05) is 50.0 Å². The first kappa shape index (κ1) is 17.9. The van der Waals surface area contributed by atoms with Crippen LogP contribution < -0.4 is 10.8 Å². The van der Waals surface area contributed by atoms with Crippen molar-refractivity contribution in [2.24, 2.45) is 11.8 Å². The van der Waals surface area contributed by atoms with Crippen LogP contribution in [0.15, 0.2) is 12.3 Å². The number of carbonyl (C=O) groups excluding carboxylic acids is 1. The SMILES string of the molecule is CC1CC(CN2CCc3ncc(C(=O)NO)cc3C2)CC(NC2CC2)C1. The van der Waals surface area contributed by atoms with Crippen LogP contribution >= 0.6 is 0 Å². The van der Waals surface area contributed by atoms with Crippen LogP contribution in [0.5, 0.6) is 0 Å². The molecule has 2 fully saturated rings. The summed E-state index contributed by atoms with van der Waals surface area (Å²) in [6.45, 7) is 5.41. The maximum absolute atomic E-state index is 11.6. The summed E-state index contributed by atoms with van der Waals surface area (Å²) < 4.78 is 0. The maximum Gasteiger partial charge on any atom is 0.276 e. The number of hydrogen-bond donors (Lipinski definition) is 3. The van der Waals surface area contributed by atoms with E-state index in [0.29, 0.717) is 11.6 Å². The minimum atomic E-state index is -0.493. The first-order valence-electron chi connectivity index (χ1n) is 10.0. The smallest absolute Gasteiger partial charge is 0.276 e. The van der Waals surface area contributed by atoms with Gasteiger partial charge >= 0.3 is 0 Å². The van der Waals surface area contributed by atoms with Crippen molar-refractivity contribution in [2.45, 2.75) is 64.1 Å². The van der Waals surface area contributed by atoms with E-state index < -0.39 is 5.91 Å². The number of aromatic nitrogens is 1. The maximum atomic E-state index is 11.6. The molecule has 142 valence electrons. The van der Waals surface area contributed by atoms with E-state index in [1.807, 2.05) is 6.07 Å². The van der Waals surface area contributed by atoms with Gasteiger partial charge in [0.1, 0.15) is 0 Å². The van der Waals surface area contributed by atoms with E-state index in [4.69, 9.17) is 5.21 Å². The Bertz CT molecular complexity index is 659. The van der Waals surface area contributed by atoms with Gasteiger partial charge in [0.15, 0.2) is 0 Å². The predicted molar refractivity (Wildman–Crippen MR) is 98.9 cm³/mol. The Labute approximate surface area is 155 Å². The molecule has 4 rings (SSSR count). The van der Waals surface area contributed by atoms with Gasteiger partial charge in [-0.1, -0.05) is 6.92 Å². The highest BCUT2D eigenvalue weighted by Crippen LogP contribution is 2.33. The molecule has 1 aromatic rings. The van der Waals surface area contributed by atoms with Crippen molar-refractivity contribution in [1.82, 2.24) is 20.7 Å². The molecule has 2 aliphatic carbocycles. The lowest BCUT2D eigenvalue weighted by molar-refractivity contribution is 0.0705. The molecule has 2 heterocycles. The monoisotopic (exact) mass is 358 g/mol. The zero-order valence-corrected chi connectivity index (χ0v) is 15.6. The summed E-state index contributed by atoms with van der Waals surface area (Å²) in [5, 5.41) is 12.7. The highest BCUT2D eigenvalue weighted by molar-refractivity contribution is 5.93. The number of carbonyl (C=O) groups is 1. The van der Waals surface area contributed by atoms with Crippen LogP contribution in [0.3, 0.4) is 0 Å². The molecule has 3 unspecified atom stereocenters. The minimum Gasteiger partial charge on any atom is -0.311 e. The quantitative estimate of drug-likeness (QED) is 0.555. The second-order valence-corrected chi connectivity index (χ2v) is 8.57. The molecule has 0 saturated heterocycles. The molecule has 3 N–H and O–H groups in total. The molecular weight excluding hydrogens is 328 g/mol. The predicted octanol–water partition coefficient (Wildman–Crippen LogP) is 2.12. The van der Waals surface area contributed by atoms with Gasteiger partial charge in [-0.15, -0.1) is 0 Å². The average molecular weight is 358 g/mol. The van der Waals surface area contributed by atoms with E-state index in [0.717, 1.165) is 55.2 Å². The summed E-state index contributed by atoms with van der Waals surface area (Å²) in [5.74, 6) is 1.05. The van der Waals surface area contributed by atoms with Crippen molar-refractivity contribution in [2.75, 3.05) is 13.1 Å². The van der Waals surface area contributed by atoms with Gasteiger partial charge in [0.25, 0.3) is 5.91 Å². The van der Waals surface area contributed by atoms with Gasteiger partial charge in [-0.05, 0) is 55.6 Å². The van der Waals surface area contributed by atoms with E-state index in [9.17, 15) is 4.79 Å². The number of pyridine rings is 1. The van der Waals surface area contributed by atoms with Crippen LogP contribution in [-0.4, -0.2) is 46.2 Å². The molecule has 0 bridgehead atoms.